The van der Waals surface area contributed by atoms with Crippen LogP contribution in [0.25, 0.3) is 0 Å². The van der Waals surface area contributed by atoms with Crippen LogP contribution in [0.2, 0.25) is 0 Å². The maximum absolute atomic E-state index is 10.7. The first-order valence-electron chi connectivity index (χ1n) is 4.32. The van der Waals surface area contributed by atoms with Crippen molar-refractivity contribution >= 4 is 11.9 Å². The van der Waals surface area contributed by atoms with Crippen molar-refractivity contribution in [2.24, 2.45) is 0 Å². The van der Waals surface area contributed by atoms with Gasteiger partial charge in [0.1, 0.15) is 6.04 Å². The van der Waals surface area contributed by atoms with Crippen LogP contribution in [0.1, 0.15) is 19.8 Å². The summed E-state index contributed by atoms with van der Waals surface area (Å²) < 4.78 is 0. The third-order valence-corrected chi connectivity index (χ3v) is 2.18. The molecule has 5 heteroatoms. The molecule has 5 nitrogen and oxygen atoms in total. The molecule has 0 spiro atoms. The molecule has 0 aromatic carbocycles. The van der Waals surface area contributed by atoms with Gasteiger partial charge < -0.3 is 10.4 Å². The van der Waals surface area contributed by atoms with Crippen LogP contribution >= 0.6 is 0 Å². The molecule has 13 heavy (non-hydrogen) atoms. The molecule has 1 amide bonds. The Morgan fingerprint density at radius 2 is 2.31 bits per heavy atom. The largest absolute Gasteiger partial charge is 0.480 e. The molecule has 1 fully saturated rings. The van der Waals surface area contributed by atoms with E-state index in [4.69, 9.17) is 5.11 Å². The van der Waals surface area contributed by atoms with Crippen molar-refractivity contribution in [1.29, 1.82) is 0 Å². The molecule has 0 aliphatic carbocycles. The fourth-order valence-electron chi connectivity index (χ4n) is 1.51. The van der Waals surface area contributed by atoms with Crippen LogP contribution < -0.4 is 5.32 Å². The van der Waals surface area contributed by atoms with E-state index in [1.807, 2.05) is 0 Å². The van der Waals surface area contributed by atoms with Gasteiger partial charge in [0.05, 0.1) is 6.67 Å². The van der Waals surface area contributed by atoms with E-state index in [9.17, 15) is 9.59 Å². The summed E-state index contributed by atoms with van der Waals surface area (Å²) in [5.41, 5.74) is 0. The molecular weight excluding hydrogens is 172 g/mol. The second-order valence-electron chi connectivity index (χ2n) is 3.20. The quantitative estimate of drug-likeness (QED) is 0.631. The number of carbonyl (C=O) groups excluding carboxylic acids is 1. The van der Waals surface area contributed by atoms with Gasteiger partial charge in [-0.25, -0.2) is 0 Å². The van der Waals surface area contributed by atoms with E-state index in [2.05, 4.69) is 5.32 Å². The van der Waals surface area contributed by atoms with E-state index in [1.165, 1.54) is 6.92 Å². The van der Waals surface area contributed by atoms with Gasteiger partial charge in [-0.2, -0.15) is 0 Å². The Labute approximate surface area is 76.7 Å². The maximum Gasteiger partial charge on any atom is 0.320 e. The van der Waals surface area contributed by atoms with E-state index in [0.717, 1.165) is 13.0 Å². The topological polar surface area (TPSA) is 69.6 Å². The van der Waals surface area contributed by atoms with Crippen LogP contribution in [0.5, 0.6) is 0 Å². The first kappa shape index (κ1) is 9.98. The van der Waals surface area contributed by atoms with Gasteiger partial charge in [0.15, 0.2) is 0 Å². The highest BCUT2D eigenvalue weighted by Gasteiger charge is 2.29. The van der Waals surface area contributed by atoms with Crippen LogP contribution in [-0.2, 0) is 9.59 Å². The average molecular weight is 186 g/mol. The van der Waals surface area contributed by atoms with E-state index >= 15 is 0 Å². The Morgan fingerprint density at radius 3 is 2.85 bits per heavy atom. The standard InChI is InChI=1S/C8H14N2O3/c1-6(11)9-5-10-4-2-3-7(10)8(12)13/h7H,2-5H2,1H3,(H,9,11)(H,12,13)/t7-/m0/s1. The number of nitrogens with one attached hydrogen (secondary N) is 1. The molecule has 0 bridgehead atoms. The van der Waals surface area contributed by atoms with Gasteiger partial charge in [0, 0.05) is 13.5 Å². The number of carbonyl (C=O) groups is 2. The fraction of sp³-hybridized carbons (Fsp3) is 0.750. The van der Waals surface area contributed by atoms with Crippen LogP contribution in [-0.4, -0.2) is 41.1 Å². The minimum atomic E-state index is -0.803. The number of amides is 1. The van der Waals surface area contributed by atoms with E-state index in [-0.39, 0.29) is 5.91 Å². The van der Waals surface area contributed by atoms with E-state index < -0.39 is 12.0 Å². The predicted molar refractivity (Wildman–Crippen MR) is 46.0 cm³/mol. The van der Waals surface area contributed by atoms with Gasteiger partial charge in [-0.3, -0.25) is 14.5 Å². The molecule has 0 radical (unpaired) electrons. The average Bonchev–Trinajstić information content (AvgIpc) is 2.47. The smallest absolute Gasteiger partial charge is 0.320 e. The molecule has 0 saturated carbocycles. The Morgan fingerprint density at radius 1 is 1.62 bits per heavy atom. The number of aliphatic carboxylic acids is 1. The second kappa shape index (κ2) is 4.23. The molecule has 2 N–H and O–H groups in total. The van der Waals surface area contributed by atoms with Crippen molar-refractivity contribution in [2.45, 2.75) is 25.8 Å². The minimum absolute atomic E-state index is 0.129. The van der Waals surface area contributed by atoms with Crippen molar-refractivity contribution in [3.63, 3.8) is 0 Å². The van der Waals surface area contributed by atoms with E-state index in [1.54, 1.807) is 4.90 Å². The SMILES string of the molecule is CC(=O)NCN1CCC[C@H]1C(=O)O. The van der Waals surface area contributed by atoms with Crippen molar-refractivity contribution < 1.29 is 14.7 Å². The van der Waals surface area contributed by atoms with Crippen LogP contribution in [0.3, 0.4) is 0 Å². The van der Waals surface area contributed by atoms with Gasteiger partial charge in [-0.15, -0.1) is 0 Å². The molecule has 1 aliphatic rings. The highest BCUT2D eigenvalue weighted by atomic mass is 16.4. The molecule has 1 heterocycles. The summed E-state index contributed by atoms with van der Waals surface area (Å²) in [6, 6.07) is -0.424. The zero-order valence-electron chi connectivity index (χ0n) is 7.62. The Bertz CT molecular complexity index is 217. The molecule has 0 unspecified atom stereocenters. The maximum atomic E-state index is 10.7. The second-order valence-corrected chi connectivity index (χ2v) is 3.20. The first-order valence-corrected chi connectivity index (χ1v) is 4.32. The van der Waals surface area contributed by atoms with Crippen molar-refractivity contribution in [3.05, 3.63) is 0 Å². The zero-order valence-corrected chi connectivity index (χ0v) is 7.62. The number of carboxylic acid groups (broad SMARTS) is 1. The summed E-state index contributed by atoms with van der Waals surface area (Å²) in [5.74, 6) is -0.932. The van der Waals surface area contributed by atoms with Crippen molar-refractivity contribution in [3.8, 4) is 0 Å². The summed E-state index contributed by atoms with van der Waals surface area (Å²) in [7, 11) is 0. The highest BCUT2D eigenvalue weighted by Crippen LogP contribution is 2.15. The van der Waals surface area contributed by atoms with Crippen LogP contribution in [0.15, 0.2) is 0 Å². The lowest BCUT2D eigenvalue weighted by Crippen LogP contribution is -2.43. The molecule has 0 aromatic heterocycles. The molecule has 1 rings (SSSR count). The lowest BCUT2D eigenvalue weighted by molar-refractivity contribution is -0.142. The van der Waals surface area contributed by atoms with Gasteiger partial charge >= 0.3 is 5.97 Å². The number of hydrogen-bond acceptors (Lipinski definition) is 3. The van der Waals surface area contributed by atoms with Crippen molar-refractivity contribution in [2.75, 3.05) is 13.2 Å². The summed E-state index contributed by atoms with van der Waals surface area (Å²) in [6.07, 6.45) is 1.56. The molecule has 1 saturated heterocycles. The number of likely N-dealkylation sites (tertiary alicyclic amines) is 1. The highest BCUT2D eigenvalue weighted by molar-refractivity contribution is 5.74. The van der Waals surface area contributed by atoms with Gasteiger partial charge in [0.2, 0.25) is 5.91 Å². The monoisotopic (exact) mass is 186 g/mol. The minimum Gasteiger partial charge on any atom is -0.480 e. The van der Waals surface area contributed by atoms with Gasteiger partial charge in [0.25, 0.3) is 0 Å². The molecular formula is C8H14N2O3. The zero-order chi connectivity index (χ0) is 9.84. The molecule has 74 valence electrons. The number of carboxylic acids is 1. The first-order chi connectivity index (χ1) is 6.11. The number of hydrogen-bond donors (Lipinski definition) is 2. The summed E-state index contributed by atoms with van der Waals surface area (Å²) in [4.78, 5) is 23.1. The Balaban J connectivity index is 2.39. The lowest BCUT2D eigenvalue weighted by Gasteiger charge is -2.20. The van der Waals surface area contributed by atoms with Gasteiger partial charge in [-0.1, -0.05) is 0 Å². The third-order valence-electron chi connectivity index (χ3n) is 2.18. The Hall–Kier alpha value is -1.10. The van der Waals surface area contributed by atoms with Gasteiger partial charge in [-0.05, 0) is 12.8 Å². The normalized spacial score (nSPS) is 23.0. The van der Waals surface area contributed by atoms with Crippen LogP contribution in [0.4, 0.5) is 0 Å². The van der Waals surface area contributed by atoms with E-state index in [0.29, 0.717) is 13.1 Å². The summed E-state index contributed by atoms with van der Waals surface area (Å²) in [6.45, 7) is 2.51. The van der Waals surface area contributed by atoms with Crippen molar-refractivity contribution in [1.82, 2.24) is 10.2 Å². The predicted octanol–water partition coefficient (Wildman–Crippen LogP) is -0.371. The number of nitrogens with zero attached hydrogens (tertiary/aromatic N) is 1. The fourth-order valence-corrected chi connectivity index (χ4v) is 1.51. The molecule has 1 aliphatic heterocycles. The summed E-state index contributed by atoms with van der Waals surface area (Å²) in [5, 5.41) is 11.4. The number of rotatable bonds is 3. The Kier molecular flexibility index (Phi) is 3.25. The van der Waals surface area contributed by atoms with Crippen LogP contribution in [0, 0.1) is 0 Å². The lowest BCUT2D eigenvalue weighted by atomic mass is 10.2. The summed E-state index contributed by atoms with van der Waals surface area (Å²) >= 11 is 0. The third kappa shape index (κ3) is 2.69. The molecule has 0 aromatic rings. The molecule has 1 atom stereocenters.